The standard InChI is InChI=1S/C31H26FN3O5/c1-30(2,3)40-29(38)34-31(16-21-20-12-9-14-24(32)26(20)39-27(36)22(21)17-33)23-13-7-8-15-25(23)35(28(31)37)18-19-10-5-4-6-11-19/h4-15H,16,18H2,1-3H3,(H,34,38)/t31-/m1/s1. The molecule has 8 nitrogen and oxygen atoms in total. The lowest BCUT2D eigenvalue weighted by molar-refractivity contribution is -0.124. The summed E-state index contributed by atoms with van der Waals surface area (Å²) < 4.78 is 25.4. The molecule has 2 heterocycles. The maximum Gasteiger partial charge on any atom is 0.408 e. The number of nitrogens with one attached hydrogen (secondary N) is 1. The molecule has 0 saturated carbocycles. The van der Waals surface area contributed by atoms with E-state index in [1.54, 1.807) is 49.9 Å². The van der Waals surface area contributed by atoms with Crippen molar-refractivity contribution < 1.29 is 23.1 Å². The van der Waals surface area contributed by atoms with E-state index in [9.17, 15) is 24.0 Å². The van der Waals surface area contributed by atoms with Gasteiger partial charge in [-0.15, -0.1) is 0 Å². The number of nitrogens with zero attached hydrogens (tertiary/aromatic N) is 2. The summed E-state index contributed by atoms with van der Waals surface area (Å²) in [5, 5.41) is 12.8. The van der Waals surface area contributed by atoms with Crippen molar-refractivity contribution in [1.82, 2.24) is 5.32 Å². The number of hydrogen-bond acceptors (Lipinski definition) is 6. The highest BCUT2D eigenvalue weighted by atomic mass is 19.1. The molecule has 0 bridgehead atoms. The van der Waals surface area contributed by atoms with Crippen molar-refractivity contribution in [3.05, 3.63) is 111 Å². The number of ether oxygens (including phenoxy) is 1. The van der Waals surface area contributed by atoms with Gasteiger partial charge in [0.1, 0.15) is 17.2 Å². The highest BCUT2D eigenvalue weighted by Crippen LogP contribution is 2.44. The minimum Gasteiger partial charge on any atom is -0.444 e. The maximum atomic E-state index is 14.7. The van der Waals surface area contributed by atoms with Gasteiger partial charge < -0.3 is 19.4 Å². The molecule has 40 heavy (non-hydrogen) atoms. The molecule has 3 aromatic carbocycles. The number of nitriles is 1. The van der Waals surface area contributed by atoms with E-state index in [1.807, 2.05) is 36.4 Å². The summed E-state index contributed by atoms with van der Waals surface area (Å²) in [5.74, 6) is -1.29. The van der Waals surface area contributed by atoms with Crippen molar-refractivity contribution in [3.63, 3.8) is 0 Å². The Morgan fingerprint density at radius 3 is 2.45 bits per heavy atom. The highest BCUT2D eigenvalue weighted by Gasteiger charge is 2.53. The fourth-order valence-corrected chi connectivity index (χ4v) is 5.08. The van der Waals surface area contributed by atoms with Gasteiger partial charge >= 0.3 is 11.7 Å². The Balaban J connectivity index is 1.74. The third-order valence-electron chi connectivity index (χ3n) is 6.71. The largest absolute Gasteiger partial charge is 0.444 e. The van der Waals surface area contributed by atoms with E-state index in [2.05, 4.69) is 5.32 Å². The van der Waals surface area contributed by atoms with E-state index < -0.39 is 34.6 Å². The number of para-hydroxylation sites is 2. The second kappa shape index (κ2) is 9.97. The summed E-state index contributed by atoms with van der Waals surface area (Å²) >= 11 is 0. The van der Waals surface area contributed by atoms with Crippen LogP contribution in [-0.2, 0) is 28.0 Å². The SMILES string of the molecule is CC(C)(C)OC(=O)N[C@@]1(Cc2c(C#N)c(=O)oc3c(F)cccc23)C(=O)N(Cc2ccccc2)c2ccccc21. The number of carbonyl (C=O) groups excluding carboxylic acids is 2. The number of hydrogen-bond donors (Lipinski definition) is 1. The molecular weight excluding hydrogens is 513 g/mol. The van der Waals surface area contributed by atoms with Crippen LogP contribution >= 0.6 is 0 Å². The zero-order valence-electron chi connectivity index (χ0n) is 22.2. The van der Waals surface area contributed by atoms with Gasteiger partial charge in [-0.3, -0.25) is 4.79 Å². The van der Waals surface area contributed by atoms with E-state index in [4.69, 9.17) is 9.15 Å². The molecule has 5 rings (SSSR count). The van der Waals surface area contributed by atoms with E-state index in [-0.39, 0.29) is 35.1 Å². The van der Waals surface area contributed by atoms with Crippen molar-refractivity contribution in [2.24, 2.45) is 0 Å². The topological polar surface area (TPSA) is 113 Å². The van der Waals surface area contributed by atoms with E-state index in [0.29, 0.717) is 11.3 Å². The lowest BCUT2D eigenvalue weighted by Gasteiger charge is -2.32. The third kappa shape index (κ3) is 4.69. The Labute approximate surface area is 229 Å². The number of fused-ring (bicyclic) bond motifs is 2. The van der Waals surface area contributed by atoms with Crippen molar-refractivity contribution in [3.8, 4) is 6.07 Å². The van der Waals surface area contributed by atoms with Crippen molar-refractivity contribution in [2.75, 3.05) is 4.90 Å². The average molecular weight is 540 g/mol. The summed E-state index contributed by atoms with van der Waals surface area (Å²) in [6.45, 7) is 5.28. The van der Waals surface area contributed by atoms with Crippen LogP contribution in [0.4, 0.5) is 14.9 Å². The number of anilines is 1. The Morgan fingerprint density at radius 1 is 1.05 bits per heavy atom. The first kappa shape index (κ1) is 26.6. The summed E-state index contributed by atoms with van der Waals surface area (Å²) in [6, 6.07) is 22.2. The smallest absolute Gasteiger partial charge is 0.408 e. The van der Waals surface area contributed by atoms with Gasteiger partial charge in [-0.05, 0) is 44.0 Å². The van der Waals surface area contributed by atoms with Crippen LogP contribution < -0.4 is 15.8 Å². The van der Waals surface area contributed by atoms with Gasteiger partial charge in [-0.1, -0.05) is 60.7 Å². The van der Waals surface area contributed by atoms with Gasteiger partial charge in [0.15, 0.2) is 16.9 Å². The number of halogens is 1. The molecule has 0 spiro atoms. The van der Waals surface area contributed by atoms with Gasteiger partial charge in [0.2, 0.25) is 0 Å². The normalized spacial score (nSPS) is 16.5. The fraction of sp³-hybridized carbons (Fsp3) is 0.226. The highest BCUT2D eigenvalue weighted by molar-refractivity contribution is 6.09. The average Bonchev–Trinajstić information content (AvgIpc) is 3.12. The summed E-state index contributed by atoms with van der Waals surface area (Å²) in [4.78, 5) is 42.1. The molecule has 1 N–H and O–H groups in total. The van der Waals surface area contributed by atoms with Gasteiger partial charge in [-0.25, -0.2) is 14.0 Å². The van der Waals surface area contributed by atoms with Crippen LogP contribution in [-0.4, -0.2) is 17.6 Å². The van der Waals surface area contributed by atoms with Crippen molar-refractivity contribution >= 4 is 28.7 Å². The zero-order valence-corrected chi connectivity index (χ0v) is 22.2. The molecule has 1 aromatic heterocycles. The van der Waals surface area contributed by atoms with Crippen LogP contribution in [0.15, 0.2) is 82.0 Å². The first-order valence-electron chi connectivity index (χ1n) is 12.6. The summed E-state index contributed by atoms with van der Waals surface area (Å²) in [7, 11) is 0. The number of amides is 2. The van der Waals surface area contributed by atoms with Gasteiger partial charge in [0.05, 0.1) is 12.2 Å². The van der Waals surface area contributed by atoms with Crippen LogP contribution in [0.3, 0.4) is 0 Å². The quantitative estimate of drug-likeness (QED) is 0.344. The predicted octanol–water partition coefficient (Wildman–Crippen LogP) is 5.31. The molecule has 4 aromatic rings. The molecule has 0 aliphatic carbocycles. The first-order valence-corrected chi connectivity index (χ1v) is 12.6. The van der Waals surface area contributed by atoms with Crippen LogP contribution in [0.2, 0.25) is 0 Å². The number of benzene rings is 3. The number of carbonyl (C=O) groups is 2. The monoisotopic (exact) mass is 539 g/mol. The lowest BCUT2D eigenvalue weighted by Crippen LogP contribution is -2.55. The molecule has 1 aliphatic rings. The minimum absolute atomic E-state index is 0.0778. The van der Waals surface area contributed by atoms with Gasteiger partial charge in [0, 0.05) is 17.4 Å². The van der Waals surface area contributed by atoms with Gasteiger partial charge in [0.25, 0.3) is 5.91 Å². The molecule has 2 amide bonds. The Bertz CT molecular complexity index is 1740. The van der Waals surface area contributed by atoms with Crippen LogP contribution in [0.1, 0.15) is 43.0 Å². The molecule has 1 aliphatic heterocycles. The molecule has 0 saturated heterocycles. The van der Waals surface area contributed by atoms with Crippen LogP contribution in [0, 0.1) is 17.1 Å². The molecule has 202 valence electrons. The van der Waals surface area contributed by atoms with E-state index in [0.717, 1.165) is 11.6 Å². The number of alkyl carbamates (subject to hydrolysis) is 1. The zero-order chi connectivity index (χ0) is 28.7. The minimum atomic E-state index is -1.79. The summed E-state index contributed by atoms with van der Waals surface area (Å²) in [6.07, 6.45) is -1.20. The van der Waals surface area contributed by atoms with E-state index in [1.165, 1.54) is 12.1 Å². The van der Waals surface area contributed by atoms with Gasteiger partial charge in [-0.2, -0.15) is 5.26 Å². The van der Waals surface area contributed by atoms with Crippen LogP contribution in [0.5, 0.6) is 0 Å². The maximum absolute atomic E-state index is 14.7. The Morgan fingerprint density at radius 2 is 1.75 bits per heavy atom. The second-order valence-corrected chi connectivity index (χ2v) is 10.6. The van der Waals surface area contributed by atoms with Crippen molar-refractivity contribution in [1.29, 1.82) is 5.26 Å². The van der Waals surface area contributed by atoms with E-state index >= 15 is 0 Å². The Kier molecular flexibility index (Phi) is 6.64. The molecule has 1 atom stereocenters. The first-order chi connectivity index (χ1) is 19.0. The third-order valence-corrected chi connectivity index (χ3v) is 6.71. The van der Waals surface area contributed by atoms with Crippen molar-refractivity contribution in [2.45, 2.75) is 44.9 Å². The predicted molar refractivity (Wildman–Crippen MR) is 146 cm³/mol. The molecular formula is C31H26FN3O5. The summed E-state index contributed by atoms with van der Waals surface area (Å²) in [5.41, 5.74) is -2.50. The Hall–Kier alpha value is -4.97. The fourth-order valence-electron chi connectivity index (χ4n) is 5.08. The molecule has 0 radical (unpaired) electrons. The molecule has 9 heteroatoms. The molecule has 0 fully saturated rings. The number of rotatable bonds is 5. The van der Waals surface area contributed by atoms with Crippen LogP contribution in [0.25, 0.3) is 11.0 Å². The lowest BCUT2D eigenvalue weighted by atomic mass is 9.82. The molecule has 0 unspecified atom stereocenters. The second-order valence-electron chi connectivity index (χ2n) is 10.6.